The smallest absolute Gasteiger partial charge is 0.170 e. The summed E-state index contributed by atoms with van der Waals surface area (Å²) in [5.74, 6) is 0. The van der Waals surface area contributed by atoms with E-state index in [1.807, 2.05) is 0 Å². The van der Waals surface area contributed by atoms with Gasteiger partial charge in [0.25, 0.3) is 0 Å². The molecule has 0 aliphatic rings. The lowest BCUT2D eigenvalue weighted by Crippen LogP contribution is -2.34. The first-order valence-electron chi connectivity index (χ1n) is 6.10. The standard InChI is InChI=1S/C13H21N3S/c1-3-11-5-7-12(8-6-11)16-13(17)15-10-9-14-4-2/h5-8,14H,3-4,9-10H2,1-2H3,(H2,15,16,17). The maximum atomic E-state index is 5.20. The summed E-state index contributed by atoms with van der Waals surface area (Å²) in [7, 11) is 0. The van der Waals surface area contributed by atoms with Crippen LogP contribution in [0.3, 0.4) is 0 Å². The molecule has 0 heterocycles. The van der Waals surface area contributed by atoms with Gasteiger partial charge in [-0.3, -0.25) is 0 Å². The van der Waals surface area contributed by atoms with Gasteiger partial charge in [0.2, 0.25) is 0 Å². The predicted molar refractivity (Wildman–Crippen MR) is 78.6 cm³/mol. The minimum Gasteiger partial charge on any atom is -0.361 e. The minimum absolute atomic E-state index is 0.673. The van der Waals surface area contributed by atoms with Crippen LogP contribution >= 0.6 is 12.2 Å². The molecule has 0 fully saturated rings. The molecule has 17 heavy (non-hydrogen) atoms. The molecule has 94 valence electrons. The van der Waals surface area contributed by atoms with Gasteiger partial charge in [0.1, 0.15) is 0 Å². The molecule has 3 nitrogen and oxygen atoms in total. The van der Waals surface area contributed by atoms with Crippen LogP contribution in [0.5, 0.6) is 0 Å². The molecular formula is C13H21N3S. The van der Waals surface area contributed by atoms with E-state index in [0.717, 1.165) is 31.7 Å². The highest BCUT2D eigenvalue weighted by atomic mass is 32.1. The molecule has 0 amide bonds. The van der Waals surface area contributed by atoms with Crippen molar-refractivity contribution >= 4 is 23.0 Å². The van der Waals surface area contributed by atoms with Gasteiger partial charge < -0.3 is 16.0 Å². The van der Waals surface area contributed by atoms with Crippen molar-refractivity contribution in [3.8, 4) is 0 Å². The van der Waals surface area contributed by atoms with Gasteiger partial charge in [-0.25, -0.2) is 0 Å². The summed E-state index contributed by atoms with van der Waals surface area (Å²) in [4.78, 5) is 0. The zero-order chi connectivity index (χ0) is 12.5. The topological polar surface area (TPSA) is 36.1 Å². The van der Waals surface area contributed by atoms with Crippen LogP contribution in [-0.4, -0.2) is 24.7 Å². The molecule has 0 unspecified atom stereocenters. The quantitative estimate of drug-likeness (QED) is 0.535. The SMILES string of the molecule is CCNCCNC(=S)Nc1ccc(CC)cc1. The predicted octanol–water partition coefficient (Wildman–Crippen LogP) is 2.14. The molecule has 3 N–H and O–H groups in total. The maximum Gasteiger partial charge on any atom is 0.170 e. The van der Waals surface area contributed by atoms with Gasteiger partial charge in [-0.15, -0.1) is 0 Å². The molecule has 0 saturated heterocycles. The van der Waals surface area contributed by atoms with Crippen LogP contribution in [0.4, 0.5) is 5.69 Å². The van der Waals surface area contributed by atoms with Crippen molar-refractivity contribution in [3.63, 3.8) is 0 Å². The minimum atomic E-state index is 0.673. The number of benzene rings is 1. The summed E-state index contributed by atoms with van der Waals surface area (Å²) >= 11 is 5.20. The van der Waals surface area contributed by atoms with Crippen molar-refractivity contribution in [3.05, 3.63) is 29.8 Å². The summed E-state index contributed by atoms with van der Waals surface area (Å²) < 4.78 is 0. The van der Waals surface area contributed by atoms with Crippen LogP contribution in [0.25, 0.3) is 0 Å². The number of nitrogens with one attached hydrogen (secondary N) is 3. The van der Waals surface area contributed by atoms with E-state index < -0.39 is 0 Å². The Morgan fingerprint density at radius 1 is 1.12 bits per heavy atom. The summed E-state index contributed by atoms with van der Waals surface area (Å²) in [5, 5.41) is 10.2. The van der Waals surface area contributed by atoms with Crippen LogP contribution in [0.15, 0.2) is 24.3 Å². The number of anilines is 1. The van der Waals surface area contributed by atoms with Crippen molar-refractivity contribution in [1.29, 1.82) is 0 Å². The Hall–Kier alpha value is -1.13. The first-order valence-corrected chi connectivity index (χ1v) is 6.51. The molecule has 1 aromatic rings. The molecular weight excluding hydrogens is 230 g/mol. The van der Waals surface area contributed by atoms with E-state index in [1.165, 1.54) is 5.56 Å². The average Bonchev–Trinajstić information content (AvgIpc) is 2.36. The summed E-state index contributed by atoms with van der Waals surface area (Å²) in [5.41, 5.74) is 2.37. The number of hydrogen-bond donors (Lipinski definition) is 3. The van der Waals surface area contributed by atoms with Crippen molar-refractivity contribution in [2.45, 2.75) is 20.3 Å². The normalized spacial score (nSPS) is 10.0. The highest BCUT2D eigenvalue weighted by Gasteiger charge is 1.96. The third-order valence-corrected chi connectivity index (χ3v) is 2.70. The molecule has 0 aliphatic heterocycles. The van der Waals surface area contributed by atoms with Crippen LogP contribution in [0.2, 0.25) is 0 Å². The van der Waals surface area contributed by atoms with Crippen molar-refractivity contribution in [2.24, 2.45) is 0 Å². The first kappa shape index (κ1) is 13.9. The Morgan fingerprint density at radius 2 is 1.82 bits per heavy atom. The highest BCUT2D eigenvalue weighted by Crippen LogP contribution is 2.09. The fourth-order valence-electron chi connectivity index (χ4n) is 1.44. The summed E-state index contributed by atoms with van der Waals surface area (Å²) in [6.45, 7) is 6.99. The summed E-state index contributed by atoms with van der Waals surface area (Å²) in [6, 6.07) is 8.33. The van der Waals surface area contributed by atoms with Gasteiger partial charge in [-0.05, 0) is 42.9 Å². The summed E-state index contributed by atoms with van der Waals surface area (Å²) in [6.07, 6.45) is 1.06. The van der Waals surface area contributed by atoms with Gasteiger partial charge in [0.05, 0.1) is 0 Å². The van der Waals surface area contributed by atoms with E-state index in [-0.39, 0.29) is 0 Å². The van der Waals surface area contributed by atoms with Crippen LogP contribution in [0, 0.1) is 0 Å². The molecule has 0 saturated carbocycles. The largest absolute Gasteiger partial charge is 0.361 e. The molecule has 0 aromatic heterocycles. The lowest BCUT2D eigenvalue weighted by atomic mass is 10.1. The van der Waals surface area contributed by atoms with Gasteiger partial charge in [0.15, 0.2) is 5.11 Å². The Bertz CT molecular complexity index is 335. The molecule has 1 rings (SSSR count). The maximum absolute atomic E-state index is 5.20. The van der Waals surface area contributed by atoms with E-state index >= 15 is 0 Å². The van der Waals surface area contributed by atoms with E-state index in [1.54, 1.807) is 0 Å². The Morgan fingerprint density at radius 3 is 2.41 bits per heavy atom. The first-order chi connectivity index (χ1) is 8.26. The third-order valence-electron chi connectivity index (χ3n) is 2.46. The van der Waals surface area contributed by atoms with Crippen molar-refractivity contribution in [1.82, 2.24) is 10.6 Å². The number of hydrogen-bond acceptors (Lipinski definition) is 2. The third kappa shape index (κ3) is 5.65. The van der Waals surface area contributed by atoms with Gasteiger partial charge in [-0.1, -0.05) is 26.0 Å². The molecule has 0 atom stereocenters. The molecule has 0 radical (unpaired) electrons. The van der Waals surface area contributed by atoms with Gasteiger partial charge in [0, 0.05) is 18.8 Å². The average molecular weight is 251 g/mol. The van der Waals surface area contributed by atoms with Crippen molar-refractivity contribution < 1.29 is 0 Å². The van der Waals surface area contributed by atoms with Crippen molar-refractivity contribution in [2.75, 3.05) is 25.0 Å². The lowest BCUT2D eigenvalue weighted by Gasteiger charge is -2.10. The molecule has 1 aromatic carbocycles. The zero-order valence-corrected chi connectivity index (χ0v) is 11.4. The van der Waals surface area contributed by atoms with Crippen LogP contribution in [-0.2, 0) is 6.42 Å². The number of aryl methyl sites for hydroxylation is 1. The van der Waals surface area contributed by atoms with E-state index in [9.17, 15) is 0 Å². The fourth-order valence-corrected chi connectivity index (χ4v) is 1.66. The zero-order valence-electron chi connectivity index (χ0n) is 10.5. The molecule has 0 bridgehead atoms. The highest BCUT2D eigenvalue weighted by molar-refractivity contribution is 7.80. The Labute approximate surface area is 109 Å². The van der Waals surface area contributed by atoms with E-state index in [0.29, 0.717) is 5.11 Å². The van der Waals surface area contributed by atoms with Crippen LogP contribution < -0.4 is 16.0 Å². The van der Waals surface area contributed by atoms with E-state index in [2.05, 4.69) is 54.1 Å². The lowest BCUT2D eigenvalue weighted by molar-refractivity contribution is 0.699. The fraction of sp³-hybridized carbons (Fsp3) is 0.462. The second-order valence-electron chi connectivity index (χ2n) is 3.78. The van der Waals surface area contributed by atoms with Gasteiger partial charge in [-0.2, -0.15) is 0 Å². The number of thiocarbonyl (C=S) groups is 1. The van der Waals surface area contributed by atoms with E-state index in [4.69, 9.17) is 12.2 Å². The Balaban J connectivity index is 2.29. The number of rotatable bonds is 6. The second-order valence-corrected chi connectivity index (χ2v) is 4.19. The number of likely N-dealkylation sites (N-methyl/N-ethyl adjacent to an activating group) is 1. The molecule has 0 spiro atoms. The Kier molecular flexibility index (Phi) is 6.58. The van der Waals surface area contributed by atoms with Crippen LogP contribution in [0.1, 0.15) is 19.4 Å². The molecule has 4 heteroatoms. The van der Waals surface area contributed by atoms with Gasteiger partial charge >= 0.3 is 0 Å². The molecule has 0 aliphatic carbocycles. The monoisotopic (exact) mass is 251 g/mol. The second kappa shape index (κ2) is 8.03.